The monoisotopic (exact) mass is 278 g/mol. The molecule has 0 bridgehead atoms. The summed E-state index contributed by atoms with van der Waals surface area (Å²) >= 11 is 0. The summed E-state index contributed by atoms with van der Waals surface area (Å²) in [6.07, 6.45) is 7.84. The van der Waals surface area contributed by atoms with Gasteiger partial charge in [-0.05, 0) is 36.5 Å². The molecule has 1 aliphatic carbocycles. The summed E-state index contributed by atoms with van der Waals surface area (Å²) in [5.41, 5.74) is 4.09. The Morgan fingerprint density at radius 1 is 1.20 bits per heavy atom. The first kappa shape index (κ1) is 15.1. The molecule has 1 aliphatic rings. The lowest BCUT2D eigenvalue weighted by molar-refractivity contribution is 0.353. The quantitative estimate of drug-likeness (QED) is 0.594. The van der Waals surface area contributed by atoms with Gasteiger partial charge in [0.1, 0.15) is 0 Å². The highest BCUT2D eigenvalue weighted by Gasteiger charge is 2.18. The highest BCUT2D eigenvalue weighted by atomic mass is 16.5. The third-order valence-corrected chi connectivity index (χ3v) is 4.35. The molecule has 0 heterocycles. The maximum Gasteiger partial charge on any atom is 0.161 e. The van der Waals surface area contributed by atoms with Gasteiger partial charge in [-0.1, -0.05) is 31.7 Å². The van der Waals surface area contributed by atoms with Crippen molar-refractivity contribution in [1.82, 2.24) is 5.43 Å². The van der Waals surface area contributed by atoms with Crippen molar-refractivity contribution in [3.63, 3.8) is 0 Å². The van der Waals surface area contributed by atoms with Crippen molar-refractivity contribution in [2.75, 3.05) is 14.2 Å². The topological polar surface area (TPSA) is 56.5 Å². The molecule has 0 aromatic heterocycles. The predicted octanol–water partition coefficient (Wildman–Crippen LogP) is 3.18. The number of methoxy groups -OCH3 is 2. The van der Waals surface area contributed by atoms with Crippen LogP contribution >= 0.6 is 0 Å². The summed E-state index contributed by atoms with van der Waals surface area (Å²) in [7, 11) is 3.31. The fourth-order valence-corrected chi connectivity index (χ4v) is 3.12. The van der Waals surface area contributed by atoms with Gasteiger partial charge in [0.15, 0.2) is 11.5 Å². The Labute approximate surface area is 121 Å². The zero-order valence-corrected chi connectivity index (χ0v) is 12.5. The van der Waals surface area contributed by atoms with E-state index in [1.54, 1.807) is 14.2 Å². The molecule has 1 aromatic rings. The van der Waals surface area contributed by atoms with Gasteiger partial charge in [0, 0.05) is 6.04 Å². The van der Waals surface area contributed by atoms with Gasteiger partial charge in [0.2, 0.25) is 0 Å². The number of nitrogens with two attached hydrogens (primary N) is 1. The number of rotatable bonds is 7. The number of hydrogen-bond donors (Lipinski definition) is 2. The second kappa shape index (κ2) is 7.50. The minimum atomic E-state index is 0.176. The average molecular weight is 278 g/mol. The minimum absolute atomic E-state index is 0.176. The van der Waals surface area contributed by atoms with Crippen LogP contribution in [0.15, 0.2) is 18.2 Å². The van der Waals surface area contributed by atoms with Crippen molar-refractivity contribution in [3.8, 4) is 11.5 Å². The fraction of sp³-hybridized carbons (Fsp3) is 0.625. The largest absolute Gasteiger partial charge is 0.493 e. The first-order valence-electron chi connectivity index (χ1n) is 7.46. The number of hydrazine groups is 1. The summed E-state index contributed by atoms with van der Waals surface area (Å²) in [5.74, 6) is 8.12. The number of hydrogen-bond acceptors (Lipinski definition) is 4. The molecule has 0 saturated heterocycles. The lowest BCUT2D eigenvalue weighted by Gasteiger charge is -2.20. The van der Waals surface area contributed by atoms with Gasteiger partial charge in [-0.15, -0.1) is 0 Å². The fourth-order valence-electron chi connectivity index (χ4n) is 3.12. The normalized spacial score (nSPS) is 17.1. The van der Waals surface area contributed by atoms with Crippen LogP contribution in [-0.2, 0) is 0 Å². The van der Waals surface area contributed by atoms with Crippen molar-refractivity contribution in [2.24, 2.45) is 11.8 Å². The molecular weight excluding hydrogens is 252 g/mol. The molecule has 1 unspecified atom stereocenters. The summed E-state index contributed by atoms with van der Waals surface area (Å²) < 4.78 is 10.6. The third kappa shape index (κ3) is 3.64. The van der Waals surface area contributed by atoms with Crippen LogP contribution in [0.25, 0.3) is 0 Å². The van der Waals surface area contributed by atoms with E-state index in [1.165, 1.54) is 32.1 Å². The average Bonchev–Trinajstić information content (AvgIpc) is 3.01. The van der Waals surface area contributed by atoms with E-state index in [1.807, 2.05) is 12.1 Å². The summed E-state index contributed by atoms with van der Waals surface area (Å²) in [6.45, 7) is 0. The van der Waals surface area contributed by atoms with E-state index in [9.17, 15) is 0 Å². The van der Waals surface area contributed by atoms with E-state index in [2.05, 4.69) is 11.5 Å². The lowest BCUT2D eigenvalue weighted by Crippen LogP contribution is -2.28. The van der Waals surface area contributed by atoms with Crippen molar-refractivity contribution >= 4 is 0 Å². The predicted molar refractivity (Wildman–Crippen MR) is 80.8 cm³/mol. The van der Waals surface area contributed by atoms with Crippen molar-refractivity contribution in [2.45, 2.75) is 44.6 Å². The molecule has 1 fully saturated rings. The molecule has 20 heavy (non-hydrogen) atoms. The zero-order valence-electron chi connectivity index (χ0n) is 12.5. The van der Waals surface area contributed by atoms with Crippen molar-refractivity contribution < 1.29 is 9.47 Å². The molecule has 1 aromatic carbocycles. The Hall–Kier alpha value is -1.26. The maximum atomic E-state index is 5.73. The molecule has 0 amide bonds. The maximum absolute atomic E-state index is 5.73. The first-order valence-corrected chi connectivity index (χ1v) is 7.46. The van der Waals surface area contributed by atoms with Crippen molar-refractivity contribution in [1.29, 1.82) is 0 Å². The van der Waals surface area contributed by atoms with Crippen LogP contribution in [0.1, 0.15) is 50.1 Å². The van der Waals surface area contributed by atoms with Crippen molar-refractivity contribution in [3.05, 3.63) is 23.8 Å². The van der Waals surface area contributed by atoms with Crippen LogP contribution in [0, 0.1) is 5.92 Å². The molecule has 112 valence electrons. The van der Waals surface area contributed by atoms with E-state index in [0.29, 0.717) is 0 Å². The Bertz CT molecular complexity index is 417. The van der Waals surface area contributed by atoms with Gasteiger partial charge in [0.05, 0.1) is 14.2 Å². The second-order valence-corrected chi connectivity index (χ2v) is 5.56. The smallest absolute Gasteiger partial charge is 0.161 e. The van der Waals surface area contributed by atoms with E-state index >= 15 is 0 Å². The van der Waals surface area contributed by atoms with Gasteiger partial charge in [0.25, 0.3) is 0 Å². The molecule has 2 rings (SSSR count). The third-order valence-electron chi connectivity index (χ3n) is 4.35. The van der Waals surface area contributed by atoms with Gasteiger partial charge in [-0.2, -0.15) is 0 Å². The zero-order chi connectivity index (χ0) is 14.4. The highest BCUT2D eigenvalue weighted by Crippen LogP contribution is 2.34. The minimum Gasteiger partial charge on any atom is -0.493 e. The van der Waals surface area contributed by atoms with E-state index in [0.717, 1.165) is 29.4 Å². The SMILES string of the molecule is COc1ccc(C(CCC2CCCC2)NN)cc1OC. The van der Waals surface area contributed by atoms with Gasteiger partial charge in [-0.3, -0.25) is 11.3 Å². The molecule has 4 heteroatoms. The lowest BCUT2D eigenvalue weighted by atomic mass is 9.95. The Balaban J connectivity index is 2.02. The molecule has 0 spiro atoms. The molecule has 1 atom stereocenters. The second-order valence-electron chi connectivity index (χ2n) is 5.56. The first-order chi connectivity index (χ1) is 9.78. The Morgan fingerprint density at radius 3 is 2.50 bits per heavy atom. The van der Waals surface area contributed by atoms with Crippen LogP contribution in [0.2, 0.25) is 0 Å². The summed E-state index contributed by atoms with van der Waals surface area (Å²) in [4.78, 5) is 0. The molecular formula is C16H26N2O2. The molecule has 3 N–H and O–H groups in total. The van der Waals surface area contributed by atoms with Crippen LogP contribution in [0.5, 0.6) is 11.5 Å². The molecule has 1 saturated carbocycles. The molecule has 4 nitrogen and oxygen atoms in total. The number of nitrogens with one attached hydrogen (secondary N) is 1. The van der Waals surface area contributed by atoms with Crippen LogP contribution < -0.4 is 20.7 Å². The summed E-state index contributed by atoms with van der Waals surface area (Å²) in [6, 6.07) is 6.18. The van der Waals surface area contributed by atoms with Crippen LogP contribution in [0.4, 0.5) is 0 Å². The standard InChI is InChI=1S/C16H26N2O2/c1-19-15-10-8-13(11-16(15)20-2)14(18-17)9-7-12-5-3-4-6-12/h8,10-12,14,18H,3-7,9,17H2,1-2H3. The molecule has 0 aliphatic heterocycles. The van der Waals surface area contributed by atoms with Crippen LogP contribution in [0.3, 0.4) is 0 Å². The van der Waals surface area contributed by atoms with Crippen LogP contribution in [-0.4, -0.2) is 14.2 Å². The van der Waals surface area contributed by atoms with E-state index < -0.39 is 0 Å². The van der Waals surface area contributed by atoms with Gasteiger partial charge >= 0.3 is 0 Å². The van der Waals surface area contributed by atoms with Gasteiger partial charge in [-0.25, -0.2) is 0 Å². The molecule has 0 radical (unpaired) electrons. The van der Waals surface area contributed by atoms with E-state index in [-0.39, 0.29) is 6.04 Å². The Morgan fingerprint density at radius 2 is 1.90 bits per heavy atom. The number of benzene rings is 1. The van der Waals surface area contributed by atoms with Gasteiger partial charge < -0.3 is 9.47 Å². The highest BCUT2D eigenvalue weighted by molar-refractivity contribution is 5.43. The summed E-state index contributed by atoms with van der Waals surface area (Å²) in [5, 5.41) is 0. The Kier molecular flexibility index (Phi) is 5.68. The van der Waals surface area contributed by atoms with E-state index in [4.69, 9.17) is 15.3 Å². The number of ether oxygens (including phenoxy) is 2.